The van der Waals surface area contributed by atoms with E-state index >= 15 is 0 Å². The molecule has 1 aliphatic heterocycles. The zero-order valence-corrected chi connectivity index (χ0v) is 17.8. The number of rotatable bonds is 6. The van der Waals surface area contributed by atoms with Crippen molar-refractivity contribution in [1.82, 2.24) is 15.0 Å². The van der Waals surface area contributed by atoms with Crippen LogP contribution in [-0.2, 0) is 4.79 Å². The molecular weight excluding hydrogens is 390 g/mol. The molecule has 0 aliphatic carbocycles. The summed E-state index contributed by atoms with van der Waals surface area (Å²) < 4.78 is 0. The molecule has 1 atom stereocenters. The highest BCUT2D eigenvalue weighted by Gasteiger charge is 2.19. The van der Waals surface area contributed by atoms with Crippen molar-refractivity contribution in [1.29, 1.82) is 10.8 Å². The second-order valence-electron chi connectivity index (χ2n) is 8.07. The monoisotopic (exact) mass is 417 g/mol. The van der Waals surface area contributed by atoms with Gasteiger partial charge in [0, 0.05) is 47.6 Å². The highest BCUT2D eigenvalue weighted by molar-refractivity contribution is 6.45. The van der Waals surface area contributed by atoms with E-state index in [-0.39, 0.29) is 11.4 Å². The number of piperidine rings is 1. The Morgan fingerprint density at radius 3 is 2.68 bits per heavy atom. The second-order valence-corrected chi connectivity index (χ2v) is 8.07. The van der Waals surface area contributed by atoms with E-state index < -0.39 is 11.8 Å². The van der Waals surface area contributed by atoms with Crippen molar-refractivity contribution in [2.45, 2.75) is 33.1 Å². The van der Waals surface area contributed by atoms with Crippen LogP contribution >= 0.6 is 0 Å². The van der Waals surface area contributed by atoms with Crippen LogP contribution in [0.1, 0.15) is 33.1 Å². The van der Waals surface area contributed by atoms with Crippen molar-refractivity contribution in [3.63, 3.8) is 0 Å². The Morgan fingerprint density at radius 2 is 1.94 bits per heavy atom. The van der Waals surface area contributed by atoms with Crippen molar-refractivity contribution in [2.75, 3.05) is 23.3 Å². The van der Waals surface area contributed by atoms with Gasteiger partial charge in [-0.2, -0.15) is 0 Å². The van der Waals surface area contributed by atoms with Gasteiger partial charge in [0.25, 0.3) is 5.91 Å². The number of carbonyl (C=O) groups excluding carboxylic acids is 1. The first-order valence-corrected chi connectivity index (χ1v) is 10.6. The van der Waals surface area contributed by atoms with Crippen LogP contribution in [0.25, 0.3) is 22.3 Å². The summed E-state index contributed by atoms with van der Waals surface area (Å²) in [6.07, 6.45) is 7.09. The molecule has 3 aromatic heterocycles. The van der Waals surface area contributed by atoms with Crippen molar-refractivity contribution in [2.24, 2.45) is 5.92 Å². The van der Waals surface area contributed by atoms with Crippen LogP contribution in [0.4, 0.5) is 11.5 Å². The Bertz CT molecular complexity index is 1140. The van der Waals surface area contributed by atoms with Gasteiger partial charge in [-0.15, -0.1) is 0 Å². The predicted molar refractivity (Wildman–Crippen MR) is 124 cm³/mol. The van der Waals surface area contributed by atoms with Crippen LogP contribution in [0.5, 0.6) is 0 Å². The van der Waals surface area contributed by atoms with Gasteiger partial charge >= 0.3 is 0 Å². The number of amides is 1. The smallest absolute Gasteiger partial charge is 0.270 e. The summed E-state index contributed by atoms with van der Waals surface area (Å²) in [4.78, 5) is 27.0. The number of anilines is 2. The molecule has 8 heteroatoms. The predicted octanol–water partition coefficient (Wildman–Crippen LogP) is 4.25. The molecule has 3 aromatic rings. The molecular formula is C23H27N7O. The maximum atomic E-state index is 12.3. The lowest BCUT2D eigenvalue weighted by molar-refractivity contribution is -0.110. The molecule has 1 fully saturated rings. The van der Waals surface area contributed by atoms with Gasteiger partial charge < -0.3 is 20.6 Å². The first kappa shape index (κ1) is 20.7. The van der Waals surface area contributed by atoms with Crippen molar-refractivity contribution in [3.8, 4) is 11.3 Å². The number of nitrogens with zero attached hydrogens (tertiary/aromatic N) is 3. The average molecular weight is 418 g/mol. The van der Waals surface area contributed by atoms with Crippen LogP contribution in [0.3, 0.4) is 0 Å². The third-order valence-electron chi connectivity index (χ3n) is 5.79. The van der Waals surface area contributed by atoms with E-state index in [0.29, 0.717) is 5.69 Å². The summed E-state index contributed by atoms with van der Waals surface area (Å²) in [6, 6.07) is 7.91. The van der Waals surface area contributed by atoms with E-state index in [1.54, 1.807) is 20.0 Å². The van der Waals surface area contributed by atoms with Crippen LogP contribution in [0.15, 0.2) is 36.7 Å². The third-order valence-corrected chi connectivity index (χ3v) is 5.79. The standard InChI is InChI=1S/C23H27N7O/c1-14(15(2)24)21(25)23(31)28-18-10-17-11-19(29-22(17)27-13-18)16-6-7-26-20(12-16)30-8-4-3-5-9-30/h6-7,10-14,24-25H,3-5,8-9H2,1-2H3,(H,27,29)(H,28,31). The summed E-state index contributed by atoms with van der Waals surface area (Å²) in [7, 11) is 0. The third kappa shape index (κ3) is 4.47. The number of carbonyl (C=O) groups is 1. The van der Waals surface area contributed by atoms with Gasteiger partial charge in [0.2, 0.25) is 0 Å². The second kappa shape index (κ2) is 8.67. The maximum absolute atomic E-state index is 12.3. The Balaban J connectivity index is 1.55. The zero-order valence-electron chi connectivity index (χ0n) is 17.8. The van der Waals surface area contributed by atoms with E-state index in [4.69, 9.17) is 10.8 Å². The minimum absolute atomic E-state index is 0.135. The van der Waals surface area contributed by atoms with Gasteiger partial charge in [-0.1, -0.05) is 6.92 Å². The SMILES string of the molecule is CC(=N)C(C)C(=N)C(=O)Nc1cnc2[nH]c(-c3ccnc(N4CCCCC4)c3)cc2c1. The van der Waals surface area contributed by atoms with Gasteiger partial charge in [-0.05, 0) is 50.5 Å². The lowest BCUT2D eigenvalue weighted by atomic mass is 10.0. The molecule has 160 valence electrons. The minimum Gasteiger partial charge on any atom is -0.357 e. The molecule has 4 N–H and O–H groups in total. The average Bonchev–Trinajstić information content (AvgIpc) is 3.22. The van der Waals surface area contributed by atoms with E-state index in [1.807, 2.05) is 24.4 Å². The van der Waals surface area contributed by atoms with Gasteiger partial charge in [0.05, 0.1) is 11.9 Å². The van der Waals surface area contributed by atoms with E-state index in [1.165, 1.54) is 19.3 Å². The molecule has 4 heterocycles. The summed E-state index contributed by atoms with van der Waals surface area (Å²) in [5.74, 6) is -0.0430. The summed E-state index contributed by atoms with van der Waals surface area (Å²) in [5, 5.41) is 19.2. The van der Waals surface area contributed by atoms with Crippen LogP contribution < -0.4 is 10.2 Å². The van der Waals surface area contributed by atoms with Gasteiger partial charge in [-0.3, -0.25) is 10.2 Å². The van der Waals surface area contributed by atoms with Crippen molar-refractivity contribution < 1.29 is 4.79 Å². The zero-order chi connectivity index (χ0) is 22.0. The van der Waals surface area contributed by atoms with E-state index in [9.17, 15) is 4.79 Å². The molecule has 0 aromatic carbocycles. The van der Waals surface area contributed by atoms with Gasteiger partial charge in [-0.25, -0.2) is 9.97 Å². The highest BCUT2D eigenvalue weighted by atomic mass is 16.1. The topological polar surface area (TPSA) is 122 Å². The number of hydrogen-bond acceptors (Lipinski definition) is 6. The Morgan fingerprint density at radius 1 is 1.16 bits per heavy atom. The summed E-state index contributed by atoms with van der Waals surface area (Å²) >= 11 is 0. The molecule has 0 radical (unpaired) electrons. The minimum atomic E-state index is -0.517. The number of aromatic amines is 1. The molecule has 0 spiro atoms. The fourth-order valence-corrected chi connectivity index (χ4v) is 3.73. The lowest BCUT2D eigenvalue weighted by Crippen LogP contribution is -2.30. The normalized spacial score (nSPS) is 15.0. The first-order valence-electron chi connectivity index (χ1n) is 10.6. The van der Waals surface area contributed by atoms with Crippen molar-refractivity contribution >= 4 is 39.9 Å². The molecule has 31 heavy (non-hydrogen) atoms. The summed E-state index contributed by atoms with van der Waals surface area (Å²) in [6.45, 7) is 5.35. The Hall–Kier alpha value is -3.55. The molecule has 8 nitrogen and oxygen atoms in total. The highest BCUT2D eigenvalue weighted by Crippen LogP contribution is 2.27. The molecule has 1 unspecified atom stereocenters. The fourth-order valence-electron chi connectivity index (χ4n) is 3.73. The van der Waals surface area contributed by atoms with Gasteiger partial charge in [0.1, 0.15) is 17.2 Å². The molecule has 4 rings (SSSR count). The van der Waals surface area contributed by atoms with E-state index in [0.717, 1.165) is 41.2 Å². The summed E-state index contributed by atoms with van der Waals surface area (Å²) in [5.41, 5.74) is 3.37. The Kier molecular flexibility index (Phi) is 5.79. The molecule has 0 bridgehead atoms. The number of fused-ring (bicyclic) bond motifs is 1. The van der Waals surface area contributed by atoms with Crippen LogP contribution in [-0.4, -0.2) is 45.4 Å². The Labute approximate surface area is 181 Å². The number of aromatic nitrogens is 3. The first-order chi connectivity index (χ1) is 14.9. The molecule has 0 saturated carbocycles. The lowest BCUT2D eigenvalue weighted by Gasteiger charge is -2.27. The fraction of sp³-hybridized carbons (Fsp3) is 0.348. The largest absolute Gasteiger partial charge is 0.357 e. The quantitative estimate of drug-likeness (QED) is 0.448. The van der Waals surface area contributed by atoms with Crippen LogP contribution in [0, 0.1) is 16.7 Å². The number of pyridine rings is 2. The molecule has 1 amide bonds. The van der Waals surface area contributed by atoms with Crippen molar-refractivity contribution in [3.05, 3.63) is 36.7 Å². The van der Waals surface area contributed by atoms with Gasteiger partial charge in [0.15, 0.2) is 0 Å². The van der Waals surface area contributed by atoms with E-state index in [2.05, 4.69) is 31.2 Å². The number of nitrogens with one attached hydrogen (secondary N) is 4. The number of H-pyrrole nitrogens is 1. The van der Waals surface area contributed by atoms with Crippen LogP contribution in [0.2, 0.25) is 0 Å². The number of hydrogen-bond donors (Lipinski definition) is 4. The molecule has 1 aliphatic rings. The maximum Gasteiger partial charge on any atom is 0.270 e. The molecule has 1 saturated heterocycles.